The van der Waals surface area contributed by atoms with Crippen molar-refractivity contribution in [3.63, 3.8) is 0 Å². The van der Waals surface area contributed by atoms with Crippen LogP contribution in [-0.2, 0) is 14.8 Å². The van der Waals surface area contributed by atoms with Gasteiger partial charge in [-0.3, -0.25) is 9.52 Å². The molecule has 0 heterocycles. The van der Waals surface area contributed by atoms with Crippen molar-refractivity contribution in [1.29, 1.82) is 0 Å². The maximum absolute atomic E-state index is 12.5. The zero-order valence-corrected chi connectivity index (χ0v) is 19.4. The number of ketones is 1. The average molecular weight is 482 g/mol. The quantitative estimate of drug-likeness (QED) is 0.342. The van der Waals surface area contributed by atoms with E-state index in [1.165, 1.54) is 50.6 Å². The molecule has 0 saturated carbocycles. The number of carbonyl (C=O) groups excluding carboxylic acids is 2. The highest BCUT2D eigenvalue weighted by Gasteiger charge is 2.17. The molecule has 8 nitrogen and oxygen atoms in total. The number of nitrogens with one attached hydrogen (secondary N) is 1. The van der Waals surface area contributed by atoms with Gasteiger partial charge >= 0.3 is 5.97 Å². The van der Waals surface area contributed by atoms with E-state index in [1.807, 2.05) is 6.07 Å². The molecule has 34 heavy (non-hydrogen) atoms. The number of hydrogen-bond acceptors (Lipinski definition) is 7. The van der Waals surface area contributed by atoms with E-state index in [4.69, 9.17) is 14.2 Å². The molecule has 176 valence electrons. The normalized spacial score (nSPS) is 11.1. The van der Waals surface area contributed by atoms with Crippen LogP contribution >= 0.6 is 0 Å². The topological polar surface area (TPSA) is 108 Å². The van der Waals surface area contributed by atoms with Gasteiger partial charge in [-0.2, -0.15) is 0 Å². The molecule has 3 aromatic carbocycles. The summed E-state index contributed by atoms with van der Waals surface area (Å²) in [6.07, 6.45) is 1.47. The van der Waals surface area contributed by atoms with E-state index in [-0.39, 0.29) is 16.8 Å². The molecule has 1 N–H and O–H groups in total. The van der Waals surface area contributed by atoms with Gasteiger partial charge < -0.3 is 14.2 Å². The molecular weight excluding hydrogens is 458 g/mol. The predicted molar refractivity (Wildman–Crippen MR) is 129 cm³/mol. The maximum Gasteiger partial charge on any atom is 0.338 e. The minimum atomic E-state index is -3.74. The first-order chi connectivity index (χ1) is 16.3. The second-order valence-corrected chi connectivity index (χ2v) is 8.57. The SMILES string of the molecule is COc1ccc(OC)c(C(=O)COC(=O)c2ccc(NS(=O)(=O)C=Cc3ccccc3)cc2)c1. The van der Waals surface area contributed by atoms with E-state index in [0.29, 0.717) is 11.5 Å². The van der Waals surface area contributed by atoms with Gasteiger partial charge in [-0.25, -0.2) is 13.2 Å². The van der Waals surface area contributed by atoms with Gasteiger partial charge in [0.15, 0.2) is 6.61 Å². The summed E-state index contributed by atoms with van der Waals surface area (Å²) < 4.78 is 42.3. The molecule has 3 aromatic rings. The van der Waals surface area contributed by atoms with Crippen LogP contribution < -0.4 is 14.2 Å². The second-order valence-electron chi connectivity index (χ2n) is 7.00. The second kappa shape index (κ2) is 11.2. The van der Waals surface area contributed by atoms with E-state index < -0.39 is 28.4 Å². The molecule has 0 radical (unpaired) electrons. The van der Waals surface area contributed by atoms with Gasteiger partial charge in [-0.05, 0) is 54.1 Å². The molecular formula is C25H23NO7S. The molecule has 0 aliphatic rings. The van der Waals surface area contributed by atoms with Crippen LogP contribution in [0, 0.1) is 0 Å². The molecule has 0 unspecified atom stereocenters. The lowest BCUT2D eigenvalue weighted by Crippen LogP contribution is -2.15. The molecule has 0 aliphatic carbocycles. The number of rotatable bonds is 10. The number of Topliss-reactive ketones (excluding diaryl/α,β-unsaturated/α-hetero) is 1. The fourth-order valence-corrected chi connectivity index (χ4v) is 3.80. The molecule has 0 amide bonds. The van der Waals surface area contributed by atoms with Crippen LogP contribution in [0.3, 0.4) is 0 Å². The Labute approximate surface area is 197 Å². The zero-order chi connectivity index (χ0) is 24.6. The van der Waals surface area contributed by atoms with E-state index in [0.717, 1.165) is 11.0 Å². The number of sulfonamides is 1. The highest BCUT2D eigenvalue weighted by atomic mass is 32.2. The van der Waals surface area contributed by atoms with Gasteiger partial charge in [0.05, 0.1) is 30.8 Å². The van der Waals surface area contributed by atoms with Crippen LogP contribution in [0.5, 0.6) is 11.5 Å². The van der Waals surface area contributed by atoms with Crippen LogP contribution in [0.2, 0.25) is 0 Å². The van der Waals surface area contributed by atoms with Gasteiger partial charge in [-0.1, -0.05) is 30.3 Å². The highest BCUT2D eigenvalue weighted by Crippen LogP contribution is 2.24. The minimum Gasteiger partial charge on any atom is -0.497 e. The van der Waals surface area contributed by atoms with Crippen molar-refractivity contribution in [2.24, 2.45) is 0 Å². The van der Waals surface area contributed by atoms with Crippen LogP contribution in [0.25, 0.3) is 6.08 Å². The summed E-state index contributed by atoms with van der Waals surface area (Å²) in [5, 5.41) is 1.06. The molecule has 0 atom stereocenters. The first-order valence-electron chi connectivity index (χ1n) is 10.1. The number of benzene rings is 3. The van der Waals surface area contributed by atoms with Crippen molar-refractivity contribution in [1.82, 2.24) is 0 Å². The molecule has 9 heteroatoms. The molecule has 0 spiro atoms. The van der Waals surface area contributed by atoms with Crippen molar-refractivity contribution in [2.45, 2.75) is 0 Å². The fraction of sp³-hybridized carbons (Fsp3) is 0.120. The Morgan fingerprint density at radius 1 is 0.912 bits per heavy atom. The van der Waals surface area contributed by atoms with Gasteiger partial charge in [0.25, 0.3) is 10.0 Å². The van der Waals surface area contributed by atoms with Crippen LogP contribution in [0.4, 0.5) is 5.69 Å². The third-order valence-electron chi connectivity index (χ3n) is 4.66. The highest BCUT2D eigenvalue weighted by molar-refractivity contribution is 7.95. The summed E-state index contributed by atoms with van der Waals surface area (Å²) in [7, 11) is -0.844. The van der Waals surface area contributed by atoms with Gasteiger partial charge in [0.1, 0.15) is 11.5 Å². The summed E-state index contributed by atoms with van der Waals surface area (Å²) in [6, 6.07) is 19.4. The number of ether oxygens (including phenoxy) is 3. The van der Waals surface area contributed by atoms with E-state index >= 15 is 0 Å². The Balaban J connectivity index is 1.60. The van der Waals surface area contributed by atoms with E-state index in [2.05, 4.69) is 4.72 Å². The smallest absolute Gasteiger partial charge is 0.338 e. The number of methoxy groups -OCH3 is 2. The lowest BCUT2D eigenvalue weighted by Gasteiger charge is -2.10. The summed E-state index contributed by atoms with van der Waals surface area (Å²) in [6.45, 7) is -0.499. The Hall–Kier alpha value is -4.11. The van der Waals surface area contributed by atoms with Crippen molar-refractivity contribution in [2.75, 3.05) is 25.5 Å². The molecule has 3 rings (SSSR count). The largest absolute Gasteiger partial charge is 0.497 e. The summed E-state index contributed by atoms with van der Waals surface area (Å²) in [5.74, 6) is -0.390. The molecule has 0 aliphatic heterocycles. The predicted octanol–water partition coefficient (Wildman–Crippen LogP) is 4.16. The lowest BCUT2D eigenvalue weighted by atomic mass is 10.1. The van der Waals surface area contributed by atoms with Crippen LogP contribution in [-0.4, -0.2) is 41.0 Å². The molecule has 0 saturated heterocycles. The fourth-order valence-electron chi connectivity index (χ4n) is 2.93. The van der Waals surface area contributed by atoms with E-state index in [1.54, 1.807) is 36.4 Å². The van der Waals surface area contributed by atoms with Crippen molar-refractivity contribution in [3.8, 4) is 11.5 Å². The van der Waals surface area contributed by atoms with Crippen molar-refractivity contribution >= 4 is 33.5 Å². The van der Waals surface area contributed by atoms with Crippen LogP contribution in [0.1, 0.15) is 26.3 Å². The van der Waals surface area contributed by atoms with Crippen LogP contribution in [0.15, 0.2) is 78.2 Å². The zero-order valence-electron chi connectivity index (χ0n) is 18.6. The van der Waals surface area contributed by atoms with E-state index in [9.17, 15) is 18.0 Å². The standard InChI is InChI=1S/C25H23NO7S/c1-31-21-12-13-24(32-2)22(16-21)23(27)17-33-25(28)19-8-10-20(11-9-19)26-34(29,30)15-14-18-6-4-3-5-7-18/h3-16,26H,17H2,1-2H3. The molecule has 0 aromatic heterocycles. The lowest BCUT2D eigenvalue weighted by molar-refractivity contribution is 0.0474. The number of esters is 1. The third-order valence-corrected chi connectivity index (χ3v) is 5.68. The average Bonchev–Trinajstić information content (AvgIpc) is 2.86. The van der Waals surface area contributed by atoms with Gasteiger partial charge in [0, 0.05) is 5.69 Å². The van der Waals surface area contributed by atoms with Crippen molar-refractivity contribution < 1.29 is 32.2 Å². The maximum atomic E-state index is 12.5. The Kier molecular flexibility index (Phi) is 8.05. The van der Waals surface area contributed by atoms with Crippen molar-refractivity contribution in [3.05, 3.63) is 94.9 Å². The first-order valence-corrected chi connectivity index (χ1v) is 11.6. The first kappa shape index (κ1) is 24.5. The third kappa shape index (κ3) is 6.69. The monoisotopic (exact) mass is 481 g/mol. The summed E-state index contributed by atoms with van der Waals surface area (Å²) in [4.78, 5) is 24.8. The Morgan fingerprint density at radius 3 is 2.26 bits per heavy atom. The number of hydrogen-bond donors (Lipinski definition) is 1. The Morgan fingerprint density at radius 2 is 1.62 bits per heavy atom. The Bertz CT molecular complexity index is 1280. The molecule has 0 fully saturated rings. The van der Waals surface area contributed by atoms with Gasteiger partial charge in [-0.15, -0.1) is 0 Å². The summed E-state index contributed by atoms with van der Waals surface area (Å²) >= 11 is 0. The van der Waals surface area contributed by atoms with Gasteiger partial charge in [0.2, 0.25) is 5.78 Å². The number of anilines is 1. The summed E-state index contributed by atoms with van der Waals surface area (Å²) in [5.41, 5.74) is 1.40. The molecule has 0 bridgehead atoms. The minimum absolute atomic E-state index is 0.160. The number of carbonyl (C=O) groups is 2.